The first-order valence-electron chi connectivity index (χ1n) is 6.02. The lowest BCUT2D eigenvalue weighted by Crippen LogP contribution is -2.43. The number of carboxylic acids is 1. The summed E-state index contributed by atoms with van der Waals surface area (Å²) < 4.78 is 0. The van der Waals surface area contributed by atoms with Crippen molar-refractivity contribution in [2.45, 2.75) is 38.1 Å². The molecule has 1 aliphatic carbocycles. The van der Waals surface area contributed by atoms with Crippen LogP contribution in [0.3, 0.4) is 0 Å². The van der Waals surface area contributed by atoms with Gasteiger partial charge in [-0.1, -0.05) is 12.8 Å². The van der Waals surface area contributed by atoms with E-state index in [0.717, 1.165) is 25.7 Å². The van der Waals surface area contributed by atoms with Crippen LogP contribution in [-0.4, -0.2) is 27.5 Å². The van der Waals surface area contributed by atoms with Gasteiger partial charge in [-0.3, -0.25) is 4.79 Å². The number of nitrogens with zero attached hydrogens (tertiary/aromatic N) is 1. The second kappa shape index (κ2) is 4.76. The number of aromatic nitrogens is 1. The van der Waals surface area contributed by atoms with Gasteiger partial charge < -0.3 is 10.4 Å². The maximum absolute atomic E-state index is 12.0. The standard InChI is InChI=1S/C13H16N2O3/c1-13(6-2-3-7-13)15-11(16)9-4-5-10(12(17)18)14-8-9/h4-5,8H,2-3,6-7H2,1H3,(H,15,16)(H,17,18). The second-order valence-corrected chi connectivity index (χ2v) is 4.96. The highest BCUT2D eigenvalue weighted by Gasteiger charge is 2.30. The molecule has 1 aliphatic rings. The molecule has 1 aromatic heterocycles. The molecule has 96 valence electrons. The van der Waals surface area contributed by atoms with E-state index in [2.05, 4.69) is 10.3 Å². The number of carbonyl (C=O) groups is 2. The Kier molecular flexibility index (Phi) is 3.32. The third kappa shape index (κ3) is 2.67. The summed E-state index contributed by atoms with van der Waals surface area (Å²) in [6.45, 7) is 2.04. The molecule has 2 rings (SSSR count). The van der Waals surface area contributed by atoms with E-state index in [-0.39, 0.29) is 17.1 Å². The zero-order valence-electron chi connectivity index (χ0n) is 10.3. The largest absolute Gasteiger partial charge is 0.477 e. The molecular formula is C13H16N2O3. The average molecular weight is 248 g/mol. The van der Waals surface area contributed by atoms with Gasteiger partial charge in [0.2, 0.25) is 0 Å². The molecule has 0 unspecified atom stereocenters. The van der Waals surface area contributed by atoms with Gasteiger partial charge in [0, 0.05) is 11.7 Å². The van der Waals surface area contributed by atoms with Crippen molar-refractivity contribution in [3.8, 4) is 0 Å². The number of aromatic carboxylic acids is 1. The van der Waals surface area contributed by atoms with Gasteiger partial charge in [0.05, 0.1) is 5.56 Å². The minimum absolute atomic E-state index is 0.0568. The van der Waals surface area contributed by atoms with Gasteiger partial charge in [-0.15, -0.1) is 0 Å². The minimum atomic E-state index is -1.09. The molecule has 0 saturated heterocycles. The Bertz CT molecular complexity index is 462. The molecule has 1 heterocycles. The zero-order chi connectivity index (χ0) is 13.2. The Labute approximate surface area is 105 Å². The normalized spacial score (nSPS) is 17.4. The van der Waals surface area contributed by atoms with Crippen LogP contribution in [0.1, 0.15) is 53.5 Å². The fraction of sp³-hybridized carbons (Fsp3) is 0.462. The number of amides is 1. The third-order valence-corrected chi connectivity index (χ3v) is 3.37. The molecule has 0 radical (unpaired) electrons. The quantitative estimate of drug-likeness (QED) is 0.855. The van der Waals surface area contributed by atoms with E-state index in [0.29, 0.717) is 5.56 Å². The molecule has 18 heavy (non-hydrogen) atoms. The summed E-state index contributed by atoms with van der Waals surface area (Å²) in [6.07, 6.45) is 5.54. The first-order valence-corrected chi connectivity index (χ1v) is 6.02. The predicted molar refractivity (Wildman–Crippen MR) is 65.5 cm³/mol. The lowest BCUT2D eigenvalue weighted by molar-refractivity contribution is 0.0689. The van der Waals surface area contributed by atoms with Crippen LogP contribution in [-0.2, 0) is 0 Å². The molecule has 1 fully saturated rings. The van der Waals surface area contributed by atoms with E-state index >= 15 is 0 Å². The molecule has 5 heteroatoms. The van der Waals surface area contributed by atoms with E-state index in [9.17, 15) is 9.59 Å². The third-order valence-electron chi connectivity index (χ3n) is 3.37. The van der Waals surface area contributed by atoms with Gasteiger partial charge in [0.25, 0.3) is 5.91 Å². The summed E-state index contributed by atoms with van der Waals surface area (Å²) in [5.41, 5.74) is 0.203. The van der Waals surface area contributed by atoms with Crippen LogP contribution < -0.4 is 5.32 Å². The minimum Gasteiger partial charge on any atom is -0.477 e. The van der Waals surface area contributed by atoms with Crippen molar-refractivity contribution in [2.24, 2.45) is 0 Å². The van der Waals surface area contributed by atoms with Crippen molar-refractivity contribution in [2.75, 3.05) is 0 Å². The van der Waals surface area contributed by atoms with Gasteiger partial charge in [-0.2, -0.15) is 0 Å². The van der Waals surface area contributed by atoms with Crippen LogP contribution in [0.15, 0.2) is 18.3 Å². The number of hydrogen-bond donors (Lipinski definition) is 2. The fourth-order valence-electron chi connectivity index (χ4n) is 2.28. The molecule has 1 saturated carbocycles. The summed E-state index contributed by atoms with van der Waals surface area (Å²) in [6, 6.07) is 2.83. The fourth-order valence-corrected chi connectivity index (χ4v) is 2.28. The SMILES string of the molecule is CC1(NC(=O)c2ccc(C(=O)O)nc2)CCCC1. The van der Waals surface area contributed by atoms with E-state index in [1.807, 2.05) is 6.92 Å². The summed E-state index contributed by atoms with van der Waals surface area (Å²) in [5.74, 6) is -1.28. The van der Waals surface area contributed by atoms with Gasteiger partial charge in [0.15, 0.2) is 0 Å². The van der Waals surface area contributed by atoms with Crippen LogP contribution >= 0.6 is 0 Å². The lowest BCUT2D eigenvalue weighted by atomic mass is 10.0. The number of pyridine rings is 1. The molecule has 1 amide bonds. The molecule has 0 aromatic carbocycles. The Hall–Kier alpha value is -1.91. The summed E-state index contributed by atoms with van der Waals surface area (Å²) in [7, 11) is 0. The van der Waals surface area contributed by atoms with E-state index in [4.69, 9.17) is 5.11 Å². The van der Waals surface area contributed by atoms with Gasteiger partial charge in [0.1, 0.15) is 5.69 Å². The maximum Gasteiger partial charge on any atom is 0.354 e. The highest BCUT2D eigenvalue weighted by atomic mass is 16.4. The molecule has 2 N–H and O–H groups in total. The molecule has 5 nitrogen and oxygen atoms in total. The number of carbonyl (C=O) groups excluding carboxylic acids is 1. The van der Waals surface area contributed by atoms with E-state index in [1.54, 1.807) is 0 Å². The van der Waals surface area contributed by atoms with Crippen molar-refractivity contribution in [3.05, 3.63) is 29.6 Å². The van der Waals surface area contributed by atoms with Crippen LogP contribution in [0.4, 0.5) is 0 Å². The van der Waals surface area contributed by atoms with E-state index < -0.39 is 5.97 Å². The summed E-state index contributed by atoms with van der Waals surface area (Å²) in [4.78, 5) is 26.4. The second-order valence-electron chi connectivity index (χ2n) is 4.96. The predicted octanol–water partition coefficient (Wildman–Crippen LogP) is 1.84. The van der Waals surface area contributed by atoms with Crippen molar-refractivity contribution in [1.29, 1.82) is 0 Å². The van der Waals surface area contributed by atoms with Crippen LogP contribution in [0.5, 0.6) is 0 Å². The highest BCUT2D eigenvalue weighted by Crippen LogP contribution is 2.29. The zero-order valence-corrected chi connectivity index (χ0v) is 10.3. The Balaban J connectivity index is 2.07. The Morgan fingerprint density at radius 1 is 1.33 bits per heavy atom. The first-order chi connectivity index (χ1) is 8.50. The smallest absolute Gasteiger partial charge is 0.354 e. The van der Waals surface area contributed by atoms with Crippen LogP contribution in [0.2, 0.25) is 0 Å². The summed E-state index contributed by atoms with van der Waals surface area (Å²) >= 11 is 0. The molecule has 0 bridgehead atoms. The van der Waals surface area contributed by atoms with Crippen molar-refractivity contribution in [3.63, 3.8) is 0 Å². The van der Waals surface area contributed by atoms with Crippen molar-refractivity contribution >= 4 is 11.9 Å². The Morgan fingerprint density at radius 3 is 2.50 bits per heavy atom. The molecular weight excluding hydrogens is 232 g/mol. The molecule has 0 spiro atoms. The van der Waals surface area contributed by atoms with Gasteiger partial charge in [-0.25, -0.2) is 9.78 Å². The number of hydrogen-bond acceptors (Lipinski definition) is 3. The topological polar surface area (TPSA) is 79.3 Å². The first kappa shape index (κ1) is 12.5. The van der Waals surface area contributed by atoms with E-state index in [1.165, 1.54) is 18.3 Å². The maximum atomic E-state index is 12.0. The highest BCUT2D eigenvalue weighted by molar-refractivity contribution is 5.95. The molecule has 0 aliphatic heterocycles. The monoisotopic (exact) mass is 248 g/mol. The van der Waals surface area contributed by atoms with Crippen LogP contribution in [0, 0.1) is 0 Å². The molecule has 1 aromatic rings. The number of nitrogens with one attached hydrogen (secondary N) is 1. The number of carboxylic acid groups (broad SMARTS) is 1. The van der Waals surface area contributed by atoms with Crippen molar-refractivity contribution < 1.29 is 14.7 Å². The summed E-state index contributed by atoms with van der Waals surface area (Å²) in [5, 5.41) is 11.7. The van der Waals surface area contributed by atoms with Gasteiger partial charge in [-0.05, 0) is 31.9 Å². The average Bonchev–Trinajstić information content (AvgIpc) is 2.76. The lowest BCUT2D eigenvalue weighted by Gasteiger charge is -2.25. The molecule has 0 atom stereocenters. The van der Waals surface area contributed by atoms with Gasteiger partial charge >= 0.3 is 5.97 Å². The number of rotatable bonds is 3. The Morgan fingerprint density at radius 2 is 2.00 bits per heavy atom. The van der Waals surface area contributed by atoms with Crippen LogP contribution in [0.25, 0.3) is 0 Å². The van der Waals surface area contributed by atoms with Crippen molar-refractivity contribution in [1.82, 2.24) is 10.3 Å².